The number of amides is 1. The van der Waals surface area contributed by atoms with Gasteiger partial charge in [0.1, 0.15) is 0 Å². The van der Waals surface area contributed by atoms with Crippen LogP contribution in [0.5, 0.6) is 0 Å². The van der Waals surface area contributed by atoms with Crippen LogP contribution in [0.25, 0.3) is 0 Å². The lowest BCUT2D eigenvalue weighted by atomic mass is 9.92. The van der Waals surface area contributed by atoms with E-state index in [4.69, 9.17) is 0 Å². The maximum atomic E-state index is 12.6. The fraction of sp³-hybridized carbons (Fsp3) is 0.933. The van der Waals surface area contributed by atoms with Crippen LogP contribution in [0.15, 0.2) is 0 Å². The summed E-state index contributed by atoms with van der Waals surface area (Å²) in [4.78, 5) is 14.6. The Balaban J connectivity index is 2.04. The zero-order valence-electron chi connectivity index (χ0n) is 12.4. The van der Waals surface area contributed by atoms with E-state index in [0.717, 1.165) is 25.9 Å². The molecule has 1 amide bonds. The fourth-order valence-electron chi connectivity index (χ4n) is 3.62. The number of aliphatic hydroxyl groups excluding tert-OH is 1. The van der Waals surface area contributed by atoms with E-state index < -0.39 is 0 Å². The predicted octanol–water partition coefficient (Wildman–Crippen LogP) is 2.29. The van der Waals surface area contributed by atoms with Crippen molar-refractivity contribution < 1.29 is 9.90 Å². The summed E-state index contributed by atoms with van der Waals surface area (Å²) in [5, 5.41) is 9.89. The van der Waals surface area contributed by atoms with Crippen LogP contribution in [0.2, 0.25) is 0 Å². The van der Waals surface area contributed by atoms with Gasteiger partial charge in [0.05, 0.1) is 6.10 Å². The average Bonchev–Trinajstić information content (AvgIpc) is 2.69. The van der Waals surface area contributed by atoms with Crippen molar-refractivity contribution in [3.8, 4) is 0 Å². The van der Waals surface area contributed by atoms with Gasteiger partial charge in [0, 0.05) is 24.9 Å². The molecule has 104 valence electrons. The van der Waals surface area contributed by atoms with Gasteiger partial charge in [-0.15, -0.1) is 0 Å². The van der Waals surface area contributed by atoms with Crippen LogP contribution in [0.1, 0.15) is 47.5 Å². The van der Waals surface area contributed by atoms with Crippen LogP contribution in [0.4, 0.5) is 0 Å². The molecule has 1 saturated heterocycles. The Bertz CT molecular complexity index is 334. The van der Waals surface area contributed by atoms with Crippen molar-refractivity contribution in [3.05, 3.63) is 0 Å². The van der Waals surface area contributed by atoms with Crippen LogP contribution in [-0.2, 0) is 4.79 Å². The Morgan fingerprint density at radius 1 is 1.28 bits per heavy atom. The molecule has 0 radical (unpaired) electrons. The molecule has 2 atom stereocenters. The van der Waals surface area contributed by atoms with Gasteiger partial charge in [-0.05, 0) is 23.7 Å². The standard InChI is InChI=1S/C15H27NO2/c1-6-10-9-16(8-7-11(10)17)13(18)12-14(2,3)15(12,4)5/h10-12,17H,6-9H2,1-5H3. The van der Waals surface area contributed by atoms with E-state index in [-0.39, 0.29) is 28.8 Å². The molecule has 1 N–H and O–H groups in total. The number of likely N-dealkylation sites (tertiary alicyclic amines) is 1. The molecule has 2 rings (SSSR count). The second-order valence-corrected chi connectivity index (χ2v) is 7.18. The molecule has 2 aliphatic rings. The van der Waals surface area contributed by atoms with Gasteiger partial charge < -0.3 is 10.0 Å². The molecule has 2 fully saturated rings. The van der Waals surface area contributed by atoms with E-state index in [1.165, 1.54) is 0 Å². The van der Waals surface area contributed by atoms with Crippen LogP contribution in [0, 0.1) is 22.7 Å². The molecule has 0 aromatic carbocycles. The number of hydrogen-bond acceptors (Lipinski definition) is 2. The van der Waals surface area contributed by atoms with Gasteiger partial charge in [0.25, 0.3) is 0 Å². The molecule has 2 unspecified atom stereocenters. The number of carbonyl (C=O) groups is 1. The summed E-state index contributed by atoms with van der Waals surface area (Å²) in [5.74, 6) is 0.709. The lowest BCUT2D eigenvalue weighted by Crippen LogP contribution is -2.47. The van der Waals surface area contributed by atoms with Crippen molar-refractivity contribution in [1.29, 1.82) is 0 Å². The maximum absolute atomic E-state index is 12.6. The number of carbonyl (C=O) groups excluding carboxylic acids is 1. The third-order valence-electron chi connectivity index (χ3n) is 5.80. The minimum atomic E-state index is -0.223. The average molecular weight is 253 g/mol. The second kappa shape index (κ2) is 4.22. The van der Waals surface area contributed by atoms with Gasteiger partial charge in [-0.3, -0.25) is 4.79 Å². The summed E-state index contributed by atoms with van der Waals surface area (Å²) in [6, 6.07) is 0. The SMILES string of the molecule is CCC1CN(C(=O)C2C(C)(C)C2(C)C)CCC1O. The molecular weight excluding hydrogens is 226 g/mol. The van der Waals surface area contributed by atoms with Crippen LogP contribution < -0.4 is 0 Å². The number of hydrogen-bond donors (Lipinski definition) is 1. The Labute approximate surface area is 111 Å². The van der Waals surface area contributed by atoms with Crippen molar-refractivity contribution in [2.75, 3.05) is 13.1 Å². The Kier molecular flexibility index (Phi) is 3.25. The highest BCUT2D eigenvalue weighted by atomic mass is 16.3. The van der Waals surface area contributed by atoms with Gasteiger partial charge in [0.2, 0.25) is 5.91 Å². The first-order chi connectivity index (χ1) is 8.23. The van der Waals surface area contributed by atoms with E-state index in [9.17, 15) is 9.90 Å². The number of nitrogens with zero attached hydrogens (tertiary/aromatic N) is 1. The normalized spacial score (nSPS) is 34.4. The molecule has 1 aliphatic heterocycles. The van der Waals surface area contributed by atoms with Crippen molar-refractivity contribution in [2.45, 2.75) is 53.6 Å². The Hall–Kier alpha value is -0.570. The first-order valence-electron chi connectivity index (χ1n) is 7.20. The van der Waals surface area contributed by atoms with Gasteiger partial charge in [-0.25, -0.2) is 0 Å². The Morgan fingerprint density at radius 2 is 1.83 bits per heavy atom. The highest BCUT2D eigenvalue weighted by Crippen LogP contribution is 2.68. The molecule has 18 heavy (non-hydrogen) atoms. The third kappa shape index (κ3) is 1.87. The quantitative estimate of drug-likeness (QED) is 0.820. The molecule has 0 spiro atoms. The smallest absolute Gasteiger partial charge is 0.226 e. The summed E-state index contributed by atoms with van der Waals surface area (Å²) in [6.45, 7) is 12.3. The molecule has 0 aromatic rings. The first-order valence-corrected chi connectivity index (χ1v) is 7.20. The zero-order chi connectivity index (χ0) is 13.7. The minimum Gasteiger partial charge on any atom is -0.393 e. The maximum Gasteiger partial charge on any atom is 0.226 e. The van der Waals surface area contributed by atoms with E-state index in [2.05, 4.69) is 34.6 Å². The fourth-order valence-corrected chi connectivity index (χ4v) is 3.62. The van der Waals surface area contributed by atoms with E-state index in [0.29, 0.717) is 5.91 Å². The van der Waals surface area contributed by atoms with E-state index in [1.54, 1.807) is 0 Å². The zero-order valence-corrected chi connectivity index (χ0v) is 12.4. The molecule has 1 aliphatic carbocycles. The largest absolute Gasteiger partial charge is 0.393 e. The van der Waals surface area contributed by atoms with Gasteiger partial charge in [0.15, 0.2) is 0 Å². The van der Waals surface area contributed by atoms with Gasteiger partial charge in [-0.2, -0.15) is 0 Å². The summed E-state index contributed by atoms with van der Waals surface area (Å²) in [7, 11) is 0. The monoisotopic (exact) mass is 253 g/mol. The number of rotatable bonds is 2. The van der Waals surface area contributed by atoms with Gasteiger partial charge in [-0.1, -0.05) is 34.6 Å². The van der Waals surface area contributed by atoms with Crippen LogP contribution in [-0.4, -0.2) is 35.1 Å². The van der Waals surface area contributed by atoms with E-state index >= 15 is 0 Å². The van der Waals surface area contributed by atoms with Crippen molar-refractivity contribution in [2.24, 2.45) is 22.7 Å². The van der Waals surface area contributed by atoms with Gasteiger partial charge >= 0.3 is 0 Å². The van der Waals surface area contributed by atoms with Crippen LogP contribution in [0.3, 0.4) is 0 Å². The summed E-state index contributed by atoms with van der Waals surface area (Å²) < 4.78 is 0. The molecule has 0 aromatic heterocycles. The summed E-state index contributed by atoms with van der Waals surface area (Å²) in [6.07, 6.45) is 1.46. The summed E-state index contributed by atoms with van der Waals surface area (Å²) >= 11 is 0. The molecule has 3 heteroatoms. The highest BCUT2D eigenvalue weighted by Gasteiger charge is 2.68. The second-order valence-electron chi connectivity index (χ2n) is 7.18. The minimum absolute atomic E-state index is 0.113. The van der Waals surface area contributed by atoms with E-state index in [1.807, 2.05) is 4.90 Å². The first kappa shape index (κ1) is 13.9. The molecule has 0 bridgehead atoms. The number of piperidine rings is 1. The lowest BCUT2D eigenvalue weighted by Gasteiger charge is -2.36. The molecule has 1 heterocycles. The van der Waals surface area contributed by atoms with Crippen molar-refractivity contribution >= 4 is 5.91 Å². The predicted molar refractivity (Wildman–Crippen MR) is 72.0 cm³/mol. The third-order valence-corrected chi connectivity index (χ3v) is 5.80. The molecule has 3 nitrogen and oxygen atoms in total. The van der Waals surface area contributed by atoms with Crippen molar-refractivity contribution in [3.63, 3.8) is 0 Å². The Morgan fingerprint density at radius 3 is 2.28 bits per heavy atom. The summed E-state index contributed by atoms with van der Waals surface area (Å²) in [5.41, 5.74) is 0.226. The topological polar surface area (TPSA) is 40.5 Å². The molecule has 1 saturated carbocycles. The molecular formula is C15H27NO2. The van der Waals surface area contributed by atoms with Crippen LogP contribution >= 0.6 is 0 Å². The van der Waals surface area contributed by atoms with Crippen molar-refractivity contribution in [1.82, 2.24) is 4.90 Å². The highest BCUT2D eigenvalue weighted by molar-refractivity contribution is 5.84. The lowest BCUT2D eigenvalue weighted by molar-refractivity contribution is -0.137. The number of aliphatic hydroxyl groups is 1.